The molecule has 2 heterocycles. The maximum Gasteiger partial charge on any atom is 0.140 e. The SMILES string of the molecule is CCOc1ccc(NCc2cn3cccc(C)c3n2)cc1. The maximum atomic E-state index is 5.43. The van der Waals surface area contributed by atoms with Crippen LogP contribution in [0, 0.1) is 6.92 Å². The van der Waals surface area contributed by atoms with E-state index in [2.05, 4.69) is 33.9 Å². The van der Waals surface area contributed by atoms with E-state index in [0.29, 0.717) is 13.2 Å². The second-order valence-corrected chi connectivity index (χ2v) is 4.97. The lowest BCUT2D eigenvalue weighted by Crippen LogP contribution is -1.99. The standard InChI is InChI=1S/C17H19N3O/c1-3-21-16-8-6-14(7-9-16)18-11-15-12-20-10-4-5-13(2)17(20)19-15/h4-10,12,18H,3,11H2,1-2H3. The quantitative estimate of drug-likeness (QED) is 0.775. The third-order valence-corrected chi connectivity index (χ3v) is 3.37. The molecule has 0 spiro atoms. The minimum absolute atomic E-state index is 0.688. The van der Waals surface area contributed by atoms with Crippen LogP contribution in [0.2, 0.25) is 0 Å². The van der Waals surface area contributed by atoms with Gasteiger partial charge in [0.05, 0.1) is 18.8 Å². The summed E-state index contributed by atoms with van der Waals surface area (Å²) in [5, 5.41) is 3.38. The van der Waals surface area contributed by atoms with Gasteiger partial charge in [0.15, 0.2) is 0 Å². The van der Waals surface area contributed by atoms with Crippen molar-refractivity contribution in [2.75, 3.05) is 11.9 Å². The van der Waals surface area contributed by atoms with Crippen LogP contribution in [0.25, 0.3) is 5.65 Å². The fourth-order valence-electron chi connectivity index (χ4n) is 2.32. The molecule has 0 unspecified atom stereocenters. The monoisotopic (exact) mass is 281 g/mol. The number of ether oxygens (including phenoxy) is 1. The topological polar surface area (TPSA) is 38.6 Å². The Bertz CT molecular complexity index is 731. The third kappa shape index (κ3) is 2.99. The number of hydrogen-bond donors (Lipinski definition) is 1. The van der Waals surface area contributed by atoms with Gasteiger partial charge in [-0.25, -0.2) is 4.98 Å². The maximum absolute atomic E-state index is 5.43. The van der Waals surface area contributed by atoms with E-state index in [1.807, 2.05) is 43.5 Å². The van der Waals surface area contributed by atoms with Gasteiger partial charge in [-0.15, -0.1) is 0 Å². The predicted molar refractivity (Wildman–Crippen MR) is 84.9 cm³/mol. The van der Waals surface area contributed by atoms with Crippen LogP contribution in [0.1, 0.15) is 18.2 Å². The van der Waals surface area contributed by atoms with Crippen molar-refractivity contribution in [1.82, 2.24) is 9.38 Å². The Morgan fingerprint density at radius 3 is 2.71 bits per heavy atom. The zero-order valence-electron chi connectivity index (χ0n) is 12.3. The highest BCUT2D eigenvalue weighted by atomic mass is 16.5. The molecular formula is C17H19N3O. The summed E-state index contributed by atoms with van der Waals surface area (Å²) in [6.07, 6.45) is 4.08. The first-order valence-corrected chi connectivity index (χ1v) is 7.16. The Labute approximate surface area is 124 Å². The molecule has 2 aromatic heterocycles. The molecule has 0 saturated heterocycles. The van der Waals surface area contributed by atoms with E-state index in [1.165, 1.54) is 5.56 Å². The lowest BCUT2D eigenvalue weighted by molar-refractivity contribution is 0.340. The molecule has 3 rings (SSSR count). The highest BCUT2D eigenvalue weighted by Crippen LogP contribution is 2.17. The Morgan fingerprint density at radius 2 is 2.00 bits per heavy atom. The molecule has 0 fully saturated rings. The van der Waals surface area contributed by atoms with Crippen molar-refractivity contribution >= 4 is 11.3 Å². The Balaban J connectivity index is 1.69. The molecule has 0 bridgehead atoms. The zero-order chi connectivity index (χ0) is 14.7. The first-order valence-electron chi connectivity index (χ1n) is 7.16. The molecule has 0 saturated carbocycles. The summed E-state index contributed by atoms with van der Waals surface area (Å²) in [6, 6.07) is 12.1. The minimum atomic E-state index is 0.688. The van der Waals surface area contributed by atoms with Gasteiger partial charge in [0.2, 0.25) is 0 Å². The van der Waals surface area contributed by atoms with Crippen LogP contribution in [-0.4, -0.2) is 16.0 Å². The van der Waals surface area contributed by atoms with Crippen LogP contribution in [0.15, 0.2) is 48.8 Å². The summed E-state index contributed by atoms with van der Waals surface area (Å²) in [5.74, 6) is 0.895. The molecular weight excluding hydrogens is 262 g/mol. The fraction of sp³-hybridized carbons (Fsp3) is 0.235. The fourth-order valence-corrected chi connectivity index (χ4v) is 2.32. The summed E-state index contributed by atoms with van der Waals surface area (Å²) in [5.41, 5.74) is 4.29. The molecule has 21 heavy (non-hydrogen) atoms. The smallest absolute Gasteiger partial charge is 0.140 e. The van der Waals surface area contributed by atoms with Gasteiger partial charge in [-0.1, -0.05) is 6.07 Å². The molecule has 0 atom stereocenters. The highest BCUT2D eigenvalue weighted by molar-refractivity contribution is 5.49. The molecule has 4 heteroatoms. The van der Waals surface area contributed by atoms with E-state index < -0.39 is 0 Å². The first-order chi connectivity index (χ1) is 10.3. The Kier molecular flexibility index (Phi) is 3.77. The summed E-state index contributed by atoms with van der Waals surface area (Å²) in [7, 11) is 0. The van der Waals surface area contributed by atoms with Gasteiger partial charge in [-0.3, -0.25) is 0 Å². The van der Waals surface area contributed by atoms with Crippen molar-refractivity contribution in [2.45, 2.75) is 20.4 Å². The van der Waals surface area contributed by atoms with Crippen molar-refractivity contribution in [2.24, 2.45) is 0 Å². The van der Waals surface area contributed by atoms with Crippen molar-refractivity contribution in [3.8, 4) is 5.75 Å². The summed E-state index contributed by atoms with van der Waals surface area (Å²) in [4.78, 5) is 4.65. The Hall–Kier alpha value is -2.49. The molecule has 0 amide bonds. The van der Waals surface area contributed by atoms with Crippen molar-refractivity contribution in [3.05, 3.63) is 60.0 Å². The van der Waals surface area contributed by atoms with Crippen molar-refractivity contribution in [3.63, 3.8) is 0 Å². The Morgan fingerprint density at radius 1 is 1.19 bits per heavy atom. The van der Waals surface area contributed by atoms with Gasteiger partial charge in [0.25, 0.3) is 0 Å². The van der Waals surface area contributed by atoms with E-state index >= 15 is 0 Å². The normalized spacial score (nSPS) is 10.8. The van der Waals surface area contributed by atoms with Crippen LogP contribution in [0.5, 0.6) is 5.75 Å². The van der Waals surface area contributed by atoms with Crippen LogP contribution in [0.3, 0.4) is 0 Å². The van der Waals surface area contributed by atoms with Crippen LogP contribution >= 0.6 is 0 Å². The van der Waals surface area contributed by atoms with Crippen LogP contribution in [0.4, 0.5) is 5.69 Å². The largest absolute Gasteiger partial charge is 0.494 e. The second-order valence-electron chi connectivity index (χ2n) is 4.97. The summed E-state index contributed by atoms with van der Waals surface area (Å²) < 4.78 is 7.49. The van der Waals surface area contributed by atoms with Gasteiger partial charge in [0.1, 0.15) is 11.4 Å². The molecule has 1 aromatic carbocycles. The van der Waals surface area contributed by atoms with Crippen LogP contribution in [-0.2, 0) is 6.54 Å². The minimum Gasteiger partial charge on any atom is -0.494 e. The van der Waals surface area contributed by atoms with Gasteiger partial charge in [-0.2, -0.15) is 0 Å². The van der Waals surface area contributed by atoms with E-state index in [4.69, 9.17) is 4.74 Å². The molecule has 108 valence electrons. The number of benzene rings is 1. The number of nitrogens with one attached hydrogen (secondary N) is 1. The number of aryl methyl sites for hydroxylation is 1. The molecule has 0 radical (unpaired) electrons. The number of anilines is 1. The predicted octanol–water partition coefficient (Wildman–Crippen LogP) is 3.65. The summed E-state index contributed by atoms with van der Waals surface area (Å²) in [6.45, 7) is 5.45. The second kappa shape index (κ2) is 5.87. The zero-order valence-corrected chi connectivity index (χ0v) is 12.3. The molecule has 0 aliphatic heterocycles. The van der Waals surface area contributed by atoms with E-state index in [-0.39, 0.29) is 0 Å². The number of fused-ring (bicyclic) bond motifs is 1. The average molecular weight is 281 g/mol. The lowest BCUT2D eigenvalue weighted by Gasteiger charge is -2.06. The third-order valence-electron chi connectivity index (χ3n) is 3.37. The van der Waals surface area contributed by atoms with E-state index in [0.717, 1.165) is 22.8 Å². The first kappa shape index (κ1) is 13.5. The van der Waals surface area contributed by atoms with Crippen molar-refractivity contribution in [1.29, 1.82) is 0 Å². The van der Waals surface area contributed by atoms with Gasteiger partial charge < -0.3 is 14.5 Å². The van der Waals surface area contributed by atoms with Gasteiger partial charge in [0, 0.05) is 18.1 Å². The van der Waals surface area contributed by atoms with E-state index in [9.17, 15) is 0 Å². The number of rotatable bonds is 5. The van der Waals surface area contributed by atoms with Crippen LogP contribution < -0.4 is 10.1 Å². The lowest BCUT2D eigenvalue weighted by atomic mass is 10.3. The highest BCUT2D eigenvalue weighted by Gasteiger charge is 2.03. The number of imidazole rings is 1. The molecule has 4 nitrogen and oxygen atoms in total. The summed E-state index contributed by atoms with van der Waals surface area (Å²) >= 11 is 0. The van der Waals surface area contributed by atoms with E-state index in [1.54, 1.807) is 0 Å². The van der Waals surface area contributed by atoms with Gasteiger partial charge >= 0.3 is 0 Å². The van der Waals surface area contributed by atoms with Crippen molar-refractivity contribution < 1.29 is 4.74 Å². The number of aromatic nitrogens is 2. The average Bonchev–Trinajstić information content (AvgIpc) is 2.91. The number of pyridine rings is 1. The molecule has 0 aliphatic rings. The van der Waals surface area contributed by atoms with Gasteiger partial charge in [-0.05, 0) is 49.7 Å². The number of nitrogens with zero attached hydrogens (tertiary/aromatic N) is 2. The molecule has 1 N–H and O–H groups in total. The molecule has 0 aliphatic carbocycles. The number of hydrogen-bond acceptors (Lipinski definition) is 3. The molecule has 3 aromatic rings.